The van der Waals surface area contributed by atoms with Crippen molar-refractivity contribution in [1.29, 1.82) is 0 Å². The summed E-state index contributed by atoms with van der Waals surface area (Å²) >= 11 is 1.59. The van der Waals surface area contributed by atoms with Gasteiger partial charge in [0.1, 0.15) is 5.69 Å². The number of carbonyl (C=O) groups excluding carboxylic acids is 1. The molecule has 2 aromatic heterocycles. The minimum Gasteiger partial charge on any atom is -0.454 e. The van der Waals surface area contributed by atoms with Crippen molar-refractivity contribution in [3.63, 3.8) is 0 Å². The lowest BCUT2D eigenvalue weighted by Gasteiger charge is -2.08. The summed E-state index contributed by atoms with van der Waals surface area (Å²) in [6.45, 7) is 0.233. The molecule has 1 aromatic carbocycles. The van der Waals surface area contributed by atoms with Crippen molar-refractivity contribution < 1.29 is 14.3 Å². The van der Waals surface area contributed by atoms with E-state index in [9.17, 15) is 4.79 Å². The van der Waals surface area contributed by atoms with Crippen molar-refractivity contribution in [2.75, 3.05) is 12.1 Å². The summed E-state index contributed by atoms with van der Waals surface area (Å²) in [5.41, 5.74) is 3.43. The van der Waals surface area contributed by atoms with Gasteiger partial charge in [0.25, 0.3) is 0 Å². The summed E-state index contributed by atoms with van der Waals surface area (Å²) in [6, 6.07) is 9.65. The molecule has 2 N–H and O–H groups in total. The third kappa shape index (κ3) is 2.84. The third-order valence-electron chi connectivity index (χ3n) is 4.61. The van der Waals surface area contributed by atoms with Gasteiger partial charge in [-0.15, -0.1) is 11.3 Å². The number of nitrogens with one attached hydrogen (secondary N) is 2. The van der Waals surface area contributed by atoms with E-state index in [1.165, 1.54) is 0 Å². The van der Waals surface area contributed by atoms with Crippen molar-refractivity contribution in [2.45, 2.75) is 25.2 Å². The predicted octanol–water partition coefficient (Wildman–Crippen LogP) is 3.93. The molecule has 3 heterocycles. The topological polar surface area (TPSA) is 76.2 Å². The number of hydrogen-bond donors (Lipinski definition) is 2. The number of nitrogens with zero attached hydrogens (tertiary/aromatic N) is 1. The Kier molecular flexibility index (Phi) is 3.67. The van der Waals surface area contributed by atoms with Crippen molar-refractivity contribution in [2.24, 2.45) is 0 Å². The molecule has 0 saturated heterocycles. The molecule has 0 unspecified atom stereocenters. The number of anilines is 1. The van der Waals surface area contributed by atoms with Gasteiger partial charge < -0.3 is 14.8 Å². The number of rotatable bonds is 5. The molecule has 3 aromatic rings. The number of carbonyl (C=O) groups is 1. The van der Waals surface area contributed by atoms with Gasteiger partial charge in [0.15, 0.2) is 11.5 Å². The van der Waals surface area contributed by atoms with E-state index >= 15 is 0 Å². The van der Waals surface area contributed by atoms with Crippen molar-refractivity contribution >= 4 is 22.9 Å². The quantitative estimate of drug-likeness (QED) is 0.716. The van der Waals surface area contributed by atoms with Crippen molar-refractivity contribution in [3.8, 4) is 22.8 Å². The van der Waals surface area contributed by atoms with Gasteiger partial charge in [-0.25, -0.2) is 0 Å². The molecule has 132 valence electrons. The van der Waals surface area contributed by atoms with Crippen molar-refractivity contribution in [1.82, 2.24) is 10.2 Å². The molecular weight excluding hydrogens is 350 g/mol. The number of amides is 1. The molecule has 0 spiro atoms. The van der Waals surface area contributed by atoms with Crippen LogP contribution in [0.15, 0.2) is 35.7 Å². The fourth-order valence-electron chi connectivity index (χ4n) is 3.16. The normalized spacial score (nSPS) is 15.2. The van der Waals surface area contributed by atoms with Crippen LogP contribution >= 0.6 is 11.3 Å². The first-order chi connectivity index (χ1) is 12.8. The fourth-order valence-corrected chi connectivity index (χ4v) is 3.86. The van der Waals surface area contributed by atoms with Crippen LogP contribution in [0.3, 0.4) is 0 Å². The van der Waals surface area contributed by atoms with Gasteiger partial charge in [-0.3, -0.25) is 9.89 Å². The Morgan fingerprint density at radius 2 is 2.15 bits per heavy atom. The van der Waals surface area contributed by atoms with Gasteiger partial charge in [0, 0.05) is 16.4 Å². The third-order valence-corrected chi connectivity index (χ3v) is 5.48. The monoisotopic (exact) mass is 367 g/mol. The highest BCUT2D eigenvalue weighted by atomic mass is 32.1. The lowest BCUT2D eigenvalue weighted by atomic mass is 10.1. The SMILES string of the molecule is O=C(Cc1cccs1)Nc1c(-c2ccc3c(c2)OCO3)n[nH]c1C1CC1. The molecule has 1 saturated carbocycles. The highest BCUT2D eigenvalue weighted by Gasteiger charge is 2.31. The van der Waals surface area contributed by atoms with Crippen LogP contribution in [0.1, 0.15) is 29.3 Å². The van der Waals surface area contributed by atoms with Crippen LogP contribution in [-0.4, -0.2) is 22.9 Å². The van der Waals surface area contributed by atoms with E-state index in [4.69, 9.17) is 9.47 Å². The zero-order valence-electron chi connectivity index (χ0n) is 14.0. The second kappa shape index (κ2) is 6.17. The molecule has 6 nitrogen and oxygen atoms in total. The number of hydrogen-bond acceptors (Lipinski definition) is 5. The van der Waals surface area contributed by atoms with Crippen LogP contribution in [0.5, 0.6) is 11.5 Å². The van der Waals surface area contributed by atoms with Gasteiger partial charge in [0.05, 0.1) is 17.8 Å². The van der Waals surface area contributed by atoms with E-state index in [2.05, 4.69) is 15.5 Å². The summed E-state index contributed by atoms with van der Waals surface area (Å²) in [6.07, 6.45) is 2.61. The second-order valence-electron chi connectivity index (χ2n) is 6.51. The smallest absolute Gasteiger partial charge is 0.231 e. The summed E-state index contributed by atoms with van der Waals surface area (Å²) in [4.78, 5) is 13.6. The van der Waals surface area contributed by atoms with Crippen LogP contribution in [0.2, 0.25) is 0 Å². The zero-order valence-corrected chi connectivity index (χ0v) is 14.8. The Labute approximate surface area is 154 Å². The van der Waals surface area contributed by atoms with Gasteiger partial charge in [-0.05, 0) is 42.5 Å². The Hall–Kier alpha value is -2.80. The minimum absolute atomic E-state index is 0.0299. The number of thiophene rings is 1. The molecule has 1 amide bonds. The first-order valence-corrected chi connectivity index (χ1v) is 9.46. The average Bonchev–Trinajstić information content (AvgIpc) is 3.03. The molecule has 26 heavy (non-hydrogen) atoms. The molecule has 1 aliphatic heterocycles. The summed E-state index contributed by atoms with van der Waals surface area (Å²) in [5, 5.41) is 12.7. The lowest BCUT2D eigenvalue weighted by molar-refractivity contribution is -0.115. The Morgan fingerprint density at radius 3 is 2.96 bits per heavy atom. The van der Waals surface area contributed by atoms with Crippen LogP contribution < -0.4 is 14.8 Å². The van der Waals surface area contributed by atoms with Crippen LogP contribution in [0.4, 0.5) is 5.69 Å². The largest absolute Gasteiger partial charge is 0.454 e. The highest BCUT2D eigenvalue weighted by Crippen LogP contribution is 2.46. The van der Waals surface area contributed by atoms with Crippen LogP contribution in [-0.2, 0) is 11.2 Å². The number of fused-ring (bicyclic) bond motifs is 1. The average molecular weight is 367 g/mol. The Morgan fingerprint density at radius 1 is 1.27 bits per heavy atom. The van der Waals surface area contributed by atoms with Gasteiger partial charge in [-0.2, -0.15) is 5.10 Å². The van der Waals surface area contributed by atoms with E-state index in [0.717, 1.165) is 46.1 Å². The van der Waals surface area contributed by atoms with Gasteiger partial charge >= 0.3 is 0 Å². The van der Waals surface area contributed by atoms with E-state index in [1.807, 2.05) is 35.7 Å². The van der Waals surface area contributed by atoms with Crippen molar-refractivity contribution in [3.05, 3.63) is 46.3 Å². The van der Waals surface area contributed by atoms with E-state index in [1.54, 1.807) is 11.3 Å². The van der Waals surface area contributed by atoms with Gasteiger partial charge in [0.2, 0.25) is 12.7 Å². The molecule has 0 atom stereocenters. The van der Waals surface area contributed by atoms with E-state index < -0.39 is 0 Å². The summed E-state index contributed by atoms with van der Waals surface area (Å²) in [5.74, 6) is 1.85. The zero-order chi connectivity index (χ0) is 17.5. The first-order valence-electron chi connectivity index (χ1n) is 8.58. The van der Waals surface area contributed by atoms with E-state index in [-0.39, 0.29) is 12.7 Å². The maximum atomic E-state index is 12.6. The molecule has 0 radical (unpaired) electrons. The number of aromatic amines is 1. The van der Waals surface area contributed by atoms with E-state index in [0.29, 0.717) is 18.1 Å². The van der Waals surface area contributed by atoms with Gasteiger partial charge in [-0.1, -0.05) is 6.07 Å². The number of H-pyrrole nitrogens is 1. The maximum Gasteiger partial charge on any atom is 0.231 e. The Balaban J connectivity index is 1.47. The molecule has 0 bridgehead atoms. The molecule has 5 rings (SSSR count). The fraction of sp³-hybridized carbons (Fsp3) is 0.263. The minimum atomic E-state index is -0.0299. The molecular formula is C19H17N3O3S. The van der Waals surface area contributed by atoms with Crippen LogP contribution in [0, 0.1) is 0 Å². The number of ether oxygens (including phenoxy) is 2. The first kappa shape index (κ1) is 15.5. The molecule has 1 aliphatic carbocycles. The highest BCUT2D eigenvalue weighted by molar-refractivity contribution is 7.10. The second-order valence-corrected chi connectivity index (χ2v) is 7.54. The number of aromatic nitrogens is 2. The predicted molar refractivity (Wildman–Crippen MR) is 98.8 cm³/mol. The standard InChI is InChI=1S/C19H17N3O3S/c23-16(9-13-2-1-7-26-13)20-19-17(11-3-4-11)21-22-18(19)12-5-6-14-15(8-12)25-10-24-14/h1-2,5-8,11H,3-4,9-10H2,(H,20,23)(H,21,22). The number of benzene rings is 1. The Bertz CT molecular complexity index is 961. The lowest BCUT2D eigenvalue weighted by Crippen LogP contribution is -2.15. The molecule has 7 heteroatoms. The molecule has 1 fully saturated rings. The summed E-state index contributed by atoms with van der Waals surface area (Å²) in [7, 11) is 0. The maximum absolute atomic E-state index is 12.6. The summed E-state index contributed by atoms with van der Waals surface area (Å²) < 4.78 is 10.8. The molecule has 2 aliphatic rings. The van der Waals surface area contributed by atoms with Crippen LogP contribution in [0.25, 0.3) is 11.3 Å².